The lowest BCUT2D eigenvalue weighted by molar-refractivity contribution is 0.102. The van der Waals surface area contributed by atoms with Gasteiger partial charge in [-0.15, -0.1) is 0 Å². The average Bonchev–Trinajstić information content (AvgIpc) is 2.60. The topological polar surface area (TPSA) is 65.5 Å². The van der Waals surface area contributed by atoms with Crippen LogP contribution in [0.2, 0.25) is 10.0 Å². The van der Waals surface area contributed by atoms with Gasteiger partial charge in [-0.2, -0.15) is 0 Å². The summed E-state index contributed by atoms with van der Waals surface area (Å²) in [7, 11) is 3.78. The largest absolute Gasteiger partial charge is 0.392 e. The number of para-hydroxylation sites is 1. The van der Waals surface area contributed by atoms with E-state index < -0.39 is 5.91 Å². The van der Waals surface area contributed by atoms with Gasteiger partial charge in [-0.1, -0.05) is 41.4 Å². The molecule has 0 saturated carbocycles. The Balaban J connectivity index is 2.09. The van der Waals surface area contributed by atoms with E-state index in [1.54, 1.807) is 30.5 Å². The zero-order chi connectivity index (χ0) is 18.8. The Morgan fingerprint density at radius 2 is 1.81 bits per heavy atom. The van der Waals surface area contributed by atoms with Crippen LogP contribution in [0.15, 0.2) is 42.6 Å². The third-order valence-electron chi connectivity index (χ3n) is 4.00. The van der Waals surface area contributed by atoms with E-state index in [9.17, 15) is 9.90 Å². The van der Waals surface area contributed by atoms with E-state index in [1.165, 1.54) is 0 Å². The first-order valence-electron chi connectivity index (χ1n) is 7.88. The van der Waals surface area contributed by atoms with E-state index in [-0.39, 0.29) is 22.2 Å². The number of aromatic nitrogens is 1. The number of pyridine rings is 1. The second kappa shape index (κ2) is 7.50. The average molecular weight is 390 g/mol. The zero-order valence-electron chi connectivity index (χ0n) is 14.3. The second-order valence-corrected chi connectivity index (χ2v) is 6.75. The van der Waals surface area contributed by atoms with Crippen molar-refractivity contribution in [1.29, 1.82) is 0 Å². The lowest BCUT2D eigenvalue weighted by atomic mass is 10.1. The van der Waals surface area contributed by atoms with Crippen molar-refractivity contribution in [2.24, 2.45) is 0 Å². The number of fused-ring (bicyclic) bond motifs is 1. The van der Waals surface area contributed by atoms with Crippen LogP contribution in [0.5, 0.6) is 0 Å². The number of anilines is 2. The summed E-state index contributed by atoms with van der Waals surface area (Å²) in [6, 6.07) is 10.4. The highest BCUT2D eigenvalue weighted by Crippen LogP contribution is 2.33. The Bertz CT molecular complexity index is 970. The minimum atomic E-state index is -0.410. The molecule has 0 atom stereocenters. The van der Waals surface area contributed by atoms with Crippen molar-refractivity contribution in [3.05, 3.63) is 63.8 Å². The Morgan fingerprint density at radius 3 is 2.42 bits per heavy atom. The summed E-state index contributed by atoms with van der Waals surface area (Å²) in [5.74, 6) is -0.410. The highest BCUT2D eigenvalue weighted by molar-refractivity contribution is 6.40. The molecule has 7 heteroatoms. The van der Waals surface area contributed by atoms with Gasteiger partial charge >= 0.3 is 0 Å². The van der Waals surface area contributed by atoms with Crippen LogP contribution >= 0.6 is 23.2 Å². The van der Waals surface area contributed by atoms with Crippen LogP contribution in [0.4, 0.5) is 11.4 Å². The van der Waals surface area contributed by atoms with Crippen LogP contribution in [-0.4, -0.2) is 30.1 Å². The molecule has 0 fully saturated rings. The number of carbonyl (C=O) groups is 1. The molecular formula is C19H17Cl2N3O2. The predicted molar refractivity (Wildman–Crippen MR) is 106 cm³/mol. The van der Waals surface area contributed by atoms with Crippen LogP contribution in [0.1, 0.15) is 15.9 Å². The third-order valence-corrected chi connectivity index (χ3v) is 4.63. The van der Waals surface area contributed by atoms with E-state index >= 15 is 0 Å². The third kappa shape index (κ3) is 3.33. The van der Waals surface area contributed by atoms with Crippen LogP contribution < -0.4 is 10.2 Å². The SMILES string of the molecule is CN(C)c1c(CO)cnc2c(NC(=O)c3c(Cl)cccc3Cl)cccc12. The molecule has 0 saturated heterocycles. The molecule has 3 aromatic rings. The molecule has 0 bridgehead atoms. The van der Waals surface area contributed by atoms with Gasteiger partial charge in [-0.05, 0) is 18.2 Å². The first-order valence-corrected chi connectivity index (χ1v) is 8.63. The number of carbonyl (C=O) groups excluding carboxylic acids is 1. The van der Waals surface area contributed by atoms with E-state index in [2.05, 4.69) is 10.3 Å². The normalized spacial score (nSPS) is 10.8. The maximum atomic E-state index is 12.7. The number of benzene rings is 2. The quantitative estimate of drug-likeness (QED) is 0.695. The molecule has 5 nitrogen and oxygen atoms in total. The second-order valence-electron chi connectivity index (χ2n) is 5.94. The van der Waals surface area contributed by atoms with E-state index in [0.29, 0.717) is 16.8 Å². The van der Waals surface area contributed by atoms with Crippen molar-refractivity contribution in [2.75, 3.05) is 24.3 Å². The molecule has 1 amide bonds. The fraction of sp³-hybridized carbons (Fsp3) is 0.158. The first kappa shape index (κ1) is 18.5. The molecule has 0 spiro atoms. The van der Waals surface area contributed by atoms with Crippen molar-refractivity contribution in [3.63, 3.8) is 0 Å². The number of hydrogen-bond acceptors (Lipinski definition) is 4. The molecule has 0 aliphatic carbocycles. The van der Waals surface area contributed by atoms with Gasteiger partial charge in [0.05, 0.1) is 39.1 Å². The monoisotopic (exact) mass is 389 g/mol. The molecule has 1 heterocycles. The number of aliphatic hydroxyl groups is 1. The number of nitrogens with one attached hydrogen (secondary N) is 1. The summed E-state index contributed by atoms with van der Waals surface area (Å²) in [4.78, 5) is 19.0. The molecule has 0 aliphatic rings. The Hall–Kier alpha value is -2.34. The minimum absolute atomic E-state index is 0.123. The molecule has 3 rings (SSSR count). The lowest BCUT2D eigenvalue weighted by Crippen LogP contribution is -2.15. The molecule has 0 unspecified atom stereocenters. The fourth-order valence-electron chi connectivity index (χ4n) is 2.89. The van der Waals surface area contributed by atoms with Gasteiger partial charge in [0.2, 0.25) is 0 Å². The summed E-state index contributed by atoms with van der Waals surface area (Å²) in [5.41, 5.74) is 2.93. The Labute approximate surface area is 161 Å². The van der Waals surface area contributed by atoms with Gasteiger partial charge in [0.1, 0.15) is 0 Å². The van der Waals surface area contributed by atoms with E-state index in [0.717, 1.165) is 11.1 Å². The highest BCUT2D eigenvalue weighted by Gasteiger charge is 2.18. The number of halogens is 2. The summed E-state index contributed by atoms with van der Waals surface area (Å²) in [5, 5.41) is 13.8. The molecule has 0 radical (unpaired) electrons. The summed E-state index contributed by atoms with van der Waals surface area (Å²) in [6.45, 7) is -0.123. The van der Waals surface area contributed by atoms with Gasteiger partial charge in [0, 0.05) is 31.2 Å². The number of aliphatic hydroxyl groups excluding tert-OH is 1. The number of amides is 1. The molecule has 2 N–H and O–H groups in total. The van der Waals surface area contributed by atoms with Gasteiger partial charge in [-0.25, -0.2) is 0 Å². The smallest absolute Gasteiger partial charge is 0.258 e. The van der Waals surface area contributed by atoms with Crippen LogP contribution in [0, 0.1) is 0 Å². The fourth-order valence-corrected chi connectivity index (χ4v) is 3.46. The summed E-state index contributed by atoms with van der Waals surface area (Å²) < 4.78 is 0. The van der Waals surface area contributed by atoms with Crippen LogP contribution in [-0.2, 0) is 6.61 Å². The molecular weight excluding hydrogens is 373 g/mol. The van der Waals surface area contributed by atoms with Crippen molar-refractivity contribution in [2.45, 2.75) is 6.61 Å². The molecule has 1 aromatic heterocycles. The van der Waals surface area contributed by atoms with E-state index in [1.807, 2.05) is 31.1 Å². The van der Waals surface area contributed by atoms with Crippen molar-refractivity contribution >= 4 is 51.4 Å². The van der Waals surface area contributed by atoms with Gasteiger partial charge < -0.3 is 15.3 Å². The molecule has 2 aromatic carbocycles. The molecule has 26 heavy (non-hydrogen) atoms. The Morgan fingerprint density at radius 1 is 1.15 bits per heavy atom. The summed E-state index contributed by atoms with van der Waals surface area (Å²) in [6.07, 6.45) is 1.61. The van der Waals surface area contributed by atoms with Gasteiger partial charge in [-0.3, -0.25) is 9.78 Å². The van der Waals surface area contributed by atoms with Crippen molar-refractivity contribution in [3.8, 4) is 0 Å². The highest BCUT2D eigenvalue weighted by atomic mass is 35.5. The Kier molecular flexibility index (Phi) is 5.32. The van der Waals surface area contributed by atoms with Crippen LogP contribution in [0.25, 0.3) is 10.9 Å². The van der Waals surface area contributed by atoms with E-state index in [4.69, 9.17) is 23.2 Å². The summed E-state index contributed by atoms with van der Waals surface area (Å²) >= 11 is 12.2. The lowest BCUT2D eigenvalue weighted by Gasteiger charge is -2.20. The number of nitrogens with zero attached hydrogens (tertiary/aromatic N) is 2. The van der Waals surface area contributed by atoms with Gasteiger partial charge in [0.15, 0.2) is 0 Å². The van der Waals surface area contributed by atoms with Gasteiger partial charge in [0.25, 0.3) is 5.91 Å². The molecule has 134 valence electrons. The number of rotatable bonds is 4. The first-order chi connectivity index (χ1) is 12.4. The maximum absolute atomic E-state index is 12.7. The van der Waals surface area contributed by atoms with Crippen LogP contribution in [0.3, 0.4) is 0 Å². The predicted octanol–water partition coefficient (Wildman–Crippen LogP) is 4.35. The van der Waals surface area contributed by atoms with Crippen molar-refractivity contribution < 1.29 is 9.90 Å². The minimum Gasteiger partial charge on any atom is -0.392 e. The standard InChI is InChI=1S/C19H17Cl2N3O2/c1-24(2)18-11(10-25)9-22-17-12(18)5-3-8-15(17)23-19(26)16-13(20)6-4-7-14(16)21/h3-9,25H,10H2,1-2H3,(H,23,26). The maximum Gasteiger partial charge on any atom is 0.258 e. The molecule has 0 aliphatic heterocycles. The zero-order valence-corrected chi connectivity index (χ0v) is 15.8. The van der Waals surface area contributed by atoms with Crippen molar-refractivity contribution in [1.82, 2.24) is 4.98 Å². The number of hydrogen-bond donors (Lipinski definition) is 2.